The summed E-state index contributed by atoms with van der Waals surface area (Å²) in [6.07, 6.45) is -1.34. The number of hydrogen-bond acceptors (Lipinski definition) is 5. The van der Waals surface area contributed by atoms with Crippen LogP contribution in [0.5, 0.6) is 0 Å². The first-order valence-corrected chi connectivity index (χ1v) is 5.82. The van der Waals surface area contributed by atoms with Crippen LogP contribution in [0.4, 0.5) is 0 Å². The first-order valence-electron chi connectivity index (χ1n) is 5.41. The van der Waals surface area contributed by atoms with Crippen molar-refractivity contribution >= 4 is 12.2 Å². The fourth-order valence-electron chi connectivity index (χ4n) is 2.66. The maximum absolute atomic E-state index is 11.8. The topological polar surface area (TPSA) is 87.5 Å². The molecule has 0 unspecified atom stereocenters. The maximum atomic E-state index is 11.8. The Kier molecular flexibility index (Phi) is 2.44. The Morgan fingerprint density at radius 1 is 1.65 bits per heavy atom. The van der Waals surface area contributed by atoms with Crippen molar-refractivity contribution in [3.63, 3.8) is 0 Å². The van der Waals surface area contributed by atoms with Gasteiger partial charge in [-0.25, -0.2) is 4.79 Å². The van der Waals surface area contributed by atoms with Crippen LogP contribution in [0.2, 0.25) is 0 Å². The van der Waals surface area contributed by atoms with Crippen LogP contribution in [0.1, 0.15) is 11.9 Å². The van der Waals surface area contributed by atoms with E-state index in [1.54, 1.807) is 6.07 Å². The fraction of sp³-hybridized carbons (Fsp3) is 0.600. The molecule has 1 aromatic rings. The van der Waals surface area contributed by atoms with Gasteiger partial charge in [-0.3, -0.25) is 9.55 Å². The molecule has 2 aliphatic heterocycles. The predicted molar refractivity (Wildman–Crippen MR) is 60.1 cm³/mol. The van der Waals surface area contributed by atoms with Crippen LogP contribution in [0, 0.1) is 10.6 Å². The van der Waals surface area contributed by atoms with Crippen LogP contribution in [-0.2, 0) is 11.2 Å². The highest BCUT2D eigenvalue weighted by Crippen LogP contribution is 2.41. The Morgan fingerprint density at radius 3 is 3.12 bits per heavy atom. The summed E-state index contributed by atoms with van der Waals surface area (Å²) in [6, 6.07) is 1.71. The van der Waals surface area contributed by atoms with E-state index in [-0.39, 0.29) is 18.2 Å². The minimum atomic E-state index is -0.752. The largest absolute Gasteiger partial charge is 0.394 e. The second-order valence-corrected chi connectivity index (χ2v) is 4.85. The molecule has 17 heavy (non-hydrogen) atoms. The molecule has 92 valence electrons. The first-order chi connectivity index (χ1) is 8.11. The van der Waals surface area contributed by atoms with E-state index in [9.17, 15) is 9.90 Å². The van der Waals surface area contributed by atoms with Crippen molar-refractivity contribution < 1.29 is 14.9 Å². The third-order valence-electron chi connectivity index (χ3n) is 3.44. The third-order valence-corrected chi connectivity index (χ3v) is 3.66. The number of aromatic nitrogens is 2. The Balaban J connectivity index is 2.08. The molecule has 7 heteroatoms. The van der Waals surface area contributed by atoms with Crippen molar-refractivity contribution in [2.45, 2.75) is 24.9 Å². The zero-order valence-corrected chi connectivity index (χ0v) is 9.68. The summed E-state index contributed by atoms with van der Waals surface area (Å²) in [6.45, 7) is -0.249. The van der Waals surface area contributed by atoms with Gasteiger partial charge in [-0.05, 0) is 12.5 Å². The van der Waals surface area contributed by atoms with Crippen molar-refractivity contribution in [1.29, 1.82) is 0 Å². The van der Waals surface area contributed by atoms with Crippen molar-refractivity contribution in [2.24, 2.45) is 5.92 Å². The zero-order chi connectivity index (χ0) is 12.2. The molecule has 0 bridgehead atoms. The third kappa shape index (κ3) is 1.50. The number of nitrogens with zero attached hydrogens (tertiary/aromatic N) is 1. The summed E-state index contributed by atoms with van der Waals surface area (Å²) >= 11 is 4.94. The molecule has 1 saturated heterocycles. The van der Waals surface area contributed by atoms with Gasteiger partial charge in [0.2, 0.25) is 0 Å². The summed E-state index contributed by atoms with van der Waals surface area (Å²) in [5, 5.41) is 19.0. The number of H-pyrrole nitrogens is 1. The van der Waals surface area contributed by atoms with Crippen LogP contribution in [0.15, 0.2) is 10.9 Å². The van der Waals surface area contributed by atoms with E-state index in [1.165, 1.54) is 4.57 Å². The van der Waals surface area contributed by atoms with Gasteiger partial charge in [-0.1, -0.05) is 12.2 Å². The summed E-state index contributed by atoms with van der Waals surface area (Å²) in [7, 11) is 0. The molecule has 1 aromatic heterocycles. The Hall–Kier alpha value is -1.02. The van der Waals surface area contributed by atoms with Crippen molar-refractivity contribution in [2.75, 3.05) is 6.61 Å². The fourth-order valence-corrected chi connectivity index (χ4v) is 2.88. The first kappa shape index (κ1) is 11.1. The summed E-state index contributed by atoms with van der Waals surface area (Å²) < 4.78 is 7.36. The van der Waals surface area contributed by atoms with Crippen LogP contribution < -0.4 is 5.69 Å². The number of fused-ring (bicyclic) bond motifs is 3. The molecular formula is C10H12N2O4S. The average molecular weight is 256 g/mol. The van der Waals surface area contributed by atoms with Crippen LogP contribution in [-0.4, -0.2) is 38.6 Å². The molecule has 0 aliphatic carbocycles. The number of nitrogens with one attached hydrogen (secondary N) is 1. The van der Waals surface area contributed by atoms with Gasteiger partial charge in [0.15, 0.2) is 0 Å². The molecule has 0 radical (unpaired) electrons. The standard InChI is InChI=1S/C10H12N2O4S/c13-3-6-8(14)5-1-4-2-7(17)11-10(15)12(4)9(5)16-6/h2,5-6,8-9,13-14H,1,3H2,(H,11,15,17)/t5-,6+,8-,9+/m0/s1. The molecule has 1 fully saturated rings. The van der Waals surface area contributed by atoms with Gasteiger partial charge in [0.1, 0.15) is 17.0 Å². The van der Waals surface area contributed by atoms with E-state index in [2.05, 4.69) is 4.98 Å². The molecule has 3 N–H and O–H groups in total. The number of aliphatic hydroxyl groups excluding tert-OH is 2. The van der Waals surface area contributed by atoms with Crippen LogP contribution in [0.3, 0.4) is 0 Å². The summed E-state index contributed by atoms with van der Waals surface area (Å²) in [4.78, 5) is 14.3. The number of ether oxygens (including phenoxy) is 1. The molecule has 0 amide bonds. The second-order valence-electron chi connectivity index (χ2n) is 4.41. The predicted octanol–water partition coefficient (Wildman–Crippen LogP) is -0.671. The van der Waals surface area contributed by atoms with E-state index in [0.717, 1.165) is 5.69 Å². The highest BCUT2D eigenvalue weighted by Gasteiger charge is 2.48. The summed E-state index contributed by atoms with van der Waals surface area (Å²) in [5.74, 6) is -0.190. The molecule has 0 aromatic carbocycles. The van der Waals surface area contributed by atoms with Gasteiger partial charge < -0.3 is 14.9 Å². The van der Waals surface area contributed by atoms with Gasteiger partial charge in [0, 0.05) is 11.6 Å². The van der Waals surface area contributed by atoms with Gasteiger partial charge in [-0.15, -0.1) is 0 Å². The Bertz CT molecular complexity index is 566. The SMILES string of the molecule is O=c1[nH]c(=S)cc2n1[C@@H]1O[C@H](CO)[C@@H](O)[C@@H]1C2. The Morgan fingerprint density at radius 2 is 2.41 bits per heavy atom. The quantitative estimate of drug-likeness (QED) is 0.580. The highest BCUT2D eigenvalue weighted by atomic mass is 32.1. The van der Waals surface area contributed by atoms with Crippen molar-refractivity contribution in [3.8, 4) is 0 Å². The van der Waals surface area contributed by atoms with Crippen LogP contribution >= 0.6 is 12.2 Å². The number of rotatable bonds is 1. The lowest BCUT2D eigenvalue weighted by Crippen LogP contribution is -2.30. The van der Waals surface area contributed by atoms with E-state index < -0.39 is 18.4 Å². The maximum Gasteiger partial charge on any atom is 0.328 e. The van der Waals surface area contributed by atoms with E-state index in [1.807, 2.05) is 0 Å². The minimum Gasteiger partial charge on any atom is -0.394 e. The lowest BCUT2D eigenvalue weighted by atomic mass is 9.98. The molecule has 6 nitrogen and oxygen atoms in total. The lowest BCUT2D eigenvalue weighted by Gasteiger charge is -2.14. The van der Waals surface area contributed by atoms with E-state index in [4.69, 9.17) is 22.1 Å². The van der Waals surface area contributed by atoms with E-state index in [0.29, 0.717) is 11.1 Å². The molecule has 3 heterocycles. The smallest absolute Gasteiger partial charge is 0.328 e. The van der Waals surface area contributed by atoms with Crippen LogP contribution in [0.25, 0.3) is 0 Å². The van der Waals surface area contributed by atoms with Crippen molar-refractivity contribution in [1.82, 2.24) is 9.55 Å². The Labute approximate surface area is 101 Å². The highest BCUT2D eigenvalue weighted by molar-refractivity contribution is 7.71. The number of hydrogen-bond donors (Lipinski definition) is 3. The van der Waals surface area contributed by atoms with Gasteiger partial charge >= 0.3 is 5.69 Å². The zero-order valence-electron chi connectivity index (χ0n) is 8.87. The molecule has 2 aliphatic rings. The van der Waals surface area contributed by atoms with Gasteiger partial charge in [-0.2, -0.15) is 0 Å². The molecule has 4 atom stereocenters. The van der Waals surface area contributed by atoms with Gasteiger partial charge in [0.05, 0.1) is 12.7 Å². The second kappa shape index (κ2) is 3.74. The summed E-state index contributed by atoms with van der Waals surface area (Å²) in [5.41, 5.74) is 0.440. The monoisotopic (exact) mass is 256 g/mol. The normalized spacial score (nSPS) is 34.7. The molecule has 0 saturated carbocycles. The average Bonchev–Trinajstić information content (AvgIpc) is 2.75. The molecule has 0 spiro atoms. The van der Waals surface area contributed by atoms with E-state index >= 15 is 0 Å². The molecular weight excluding hydrogens is 244 g/mol. The number of aliphatic hydroxyl groups is 2. The van der Waals surface area contributed by atoms with Crippen molar-refractivity contribution in [3.05, 3.63) is 26.9 Å². The minimum absolute atomic E-state index is 0.190. The lowest BCUT2D eigenvalue weighted by molar-refractivity contribution is -0.0457. The molecule has 3 rings (SSSR count). The van der Waals surface area contributed by atoms with Gasteiger partial charge in [0.25, 0.3) is 0 Å². The number of aromatic amines is 1.